The Morgan fingerprint density at radius 1 is 1.26 bits per heavy atom. The smallest absolute Gasteiger partial charge is 0.226 e. The van der Waals surface area contributed by atoms with Crippen molar-refractivity contribution >= 4 is 29.1 Å². The molecule has 1 amide bonds. The molecule has 0 fully saturated rings. The first-order valence-electron chi connectivity index (χ1n) is 8.39. The summed E-state index contributed by atoms with van der Waals surface area (Å²) in [5, 5.41) is 7.67. The second kappa shape index (κ2) is 6.63. The molecule has 0 saturated heterocycles. The molecule has 27 heavy (non-hydrogen) atoms. The number of fused-ring (bicyclic) bond motifs is 1. The van der Waals surface area contributed by atoms with Gasteiger partial charge in [0.25, 0.3) is 0 Å². The summed E-state index contributed by atoms with van der Waals surface area (Å²) in [5.41, 5.74) is 2.15. The predicted octanol–water partition coefficient (Wildman–Crippen LogP) is 4.28. The summed E-state index contributed by atoms with van der Waals surface area (Å²) in [5.74, 6) is -1.18. The number of nitrogens with zero attached hydrogens (tertiary/aromatic N) is 2. The monoisotopic (exact) mass is 383 g/mol. The van der Waals surface area contributed by atoms with E-state index in [4.69, 9.17) is 11.6 Å². The Hall–Kier alpha value is -2.99. The van der Waals surface area contributed by atoms with Crippen molar-refractivity contribution in [3.63, 3.8) is 0 Å². The summed E-state index contributed by atoms with van der Waals surface area (Å²) < 4.78 is 15.1. The number of hydrogen-bond donors (Lipinski definition) is 1. The van der Waals surface area contributed by atoms with Crippen LogP contribution in [0.25, 0.3) is 5.69 Å². The molecule has 2 heterocycles. The van der Waals surface area contributed by atoms with Crippen LogP contribution in [-0.4, -0.2) is 21.5 Å². The summed E-state index contributed by atoms with van der Waals surface area (Å²) >= 11 is 6.00. The highest BCUT2D eigenvalue weighted by atomic mass is 35.5. The molecule has 0 unspecified atom stereocenters. The molecule has 0 radical (unpaired) electrons. The number of hydrogen-bond acceptors (Lipinski definition) is 3. The Morgan fingerprint density at radius 3 is 2.78 bits per heavy atom. The lowest BCUT2D eigenvalue weighted by Crippen LogP contribution is -2.28. The molecule has 0 aliphatic carbocycles. The highest BCUT2D eigenvalue weighted by molar-refractivity contribution is 6.31. The number of halogens is 2. The zero-order valence-corrected chi connectivity index (χ0v) is 15.1. The zero-order valence-electron chi connectivity index (χ0n) is 14.4. The van der Waals surface area contributed by atoms with Gasteiger partial charge in [-0.15, -0.1) is 0 Å². The van der Waals surface area contributed by atoms with E-state index in [9.17, 15) is 14.0 Å². The van der Waals surface area contributed by atoms with Gasteiger partial charge in [-0.3, -0.25) is 9.59 Å². The number of Topliss-reactive ketones (excluding diaryl/α,β-unsaturated/α-hetero) is 1. The van der Waals surface area contributed by atoms with Gasteiger partial charge in [-0.2, -0.15) is 5.10 Å². The third kappa shape index (κ3) is 3.13. The van der Waals surface area contributed by atoms with Crippen LogP contribution in [0.15, 0.2) is 48.5 Å². The van der Waals surface area contributed by atoms with Gasteiger partial charge in [0.1, 0.15) is 11.6 Å². The Morgan fingerprint density at radius 2 is 2.04 bits per heavy atom. The number of rotatable bonds is 3. The number of aryl methyl sites for hydroxylation is 1. The van der Waals surface area contributed by atoms with Crippen LogP contribution in [-0.2, 0) is 4.79 Å². The van der Waals surface area contributed by atoms with E-state index in [-0.39, 0.29) is 18.1 Å². The number of ketones is 1. The van der Waals surface area contributed by atoms with Crippen molar-refractivity contribution in [1.29, 1.82) is 0 Å². The summed E-state index contributed by atoms with van der Waals surface area (Å²) in [4.78, 5) is 25.4. The summed E-state index contributed by atoms with van der Waals surface area (Å²) in [6, 6.07) is 12.5. The standard InChI is InChI=1S/C20H15ClFN3O2/c1-11-18-16(19(27)12-4-2-5-13(21)8-12)10-17(26)23-20(18)25(24-11)15-7-3-6-14(22)9-15/h2-9,16H,10H2,1H3,(H,23,26)/t16-/m0/s1. The van der Waals surface area contributed by atoms with Crippen molar-refractivity contribution in [3.8, 4) is 5.69 Å². The Kier molecular flexibility index (Phi) is 4.28. The zero-order chi connectivity index (χ0) is 19.1. The van der Waals surface area contributed by atoms with Crippen LogP contribution in [0.5, 0.6) is 0 Å². The van der Waals surface area contributed by atoms with Crippen molar-refractivity contribution in [2.75, 3.05) is 5.32 Å². The maximum Gasteiger partial charge on any atom is 0.226 e. The quantitative estimate of drug-likeness (QED) is 0.686. The normalized spacial score (nSPS) is 16.0. The fourth-order valence-electron chi connectivity index (χ4n) is 3.41. The van der Waals surface area contributed by atoms with Crippen molar-refractivity contribution in [2.45, 2.75) is 19.3 Å². The number of anilines is 1. The molecule has 0 bridgehead atoms. The van der Waals surface area contributed by atoms with E-state index in [1.165, 1.54) is 16.8 Å². The van der Waals surface area contributed by atoms with Gasteiger partial charge < -0.3 is 5.32 Å². The number of benzene rings is 2. The molecule has 0 spiro atoms. The molecule has 0 saturated carbocycles. The van der Waals surface area contributed by atoms with E-state index >= 15 is 0 Å². The number of nitrogens with one attached hydrogen (secondary N) is 1. The summed E-state index contributed by atoms with van der Waals surface area (Å²) in [6.07, 6.45) is 0.0219. The fourth-order valence-corrected chi connectivity index (χ4v) is 3.60. The van der Waals surface area contributed by atoms with Crippen LogP contribution >= 0.6 is 11.6 Å². The van der Waals surface area contributed by atoms with Crippen LogP contribution in [0.2, 0.25) is 5.02 Å². The first-order chi connectivity index (χ1) is 12.9. The average Bonchev–Trinajstić information content (AvgIpc) is 2.97. The Labute approximate surface area is 159 Å². The molecule has 1 aliphatic heterocycles. The van der Waals surface area contributed by atoms with Gasteiger partial charge in [0, 0.05) is 22.6 Å². The molecule has 7 heteroatoms. The molecular weight excluding hydrogens is 369 g/mol. The van der Waals surface area contributed by atoms with Gasteiger partial charge in [-0.05, 0) is 37.3 Å². The third-order valence-electron chi connectivity index (χ3n) is 4.58. The number of carbonyl (C=O) groups excluding carboxylic acids is 2. The maximum absolute atomic E-state index is 13.6. The molecule has 1 aromatic heterocycles. The van der Waals surface area contributed by atoms with Gasteiger partial charge in [-0.1, -0.05) is 29.8 Å². The van der Waals surface area contributed by atoms with E-state index < -0.39 is 11.7 Å². The Balaban J connectivity index is 1.83. The topological polar surface area (TPSA) is 64.0 Å². The maximum atomic E-state index is 13.6. The molecular formula is C20H15ClFN3O2. The summed E-state index contributed by atoms with van der Waals surface area (Å²) in [7, 11) is 0. The van der Waals surface area contributed by atoms with Gasteiger partial charge in [0.05, 0.1) is 17.3 Å². The second-order valence-electron chi connectivity index (χ2n) is 6.42. The van der Waals surface area contributed by atoms with Crippen molar-refractivity contribution in [3.05, 3.63) is 76.2 Å². The molecule has 1 aliphatic rings. The van der Waals surface area contributed by atoms with E-state index in [2.05, 4.69) is 10.4 Å². The van der Waals surface area contributed by atoms with Crippen molar-refractivity contribution in [1.82, 2.24) is 9.78 Å². The average molecular weight is 384 g/mol. The SMILES string of the molecule is Cc1nn(-c2cccc(F)c2)c2c1[C@@H](C(=O)c1cccc(Cl)c1)CC(=O)N2. The van der Waals surface area contributed by atoms with Crippen LogP contribution in [0.4, 0.5) is 10.2 Å². The number of amides is 1. The number of carbonyl (C=O) groups is 2. The molecule has 5 nitrogen and oxygen atoms in total. The minimum Gasteiger partial charge on any atom is -0.310 e. The molecule has 136 valence electrons. The minimum atomic E-state index is -0.672. The highest BCUT2D eigenvalue weighted by Crippen LogP contribution is 2.38. The van der Waals surface area contributed by atoms with Gasteiger partial charge in [-0.25, -0.2) is 9.07 Å². The Bertz CT molecular complexity index is 1080. The molecule has 1 N–H and O–H groups in total. The number of aromatic nitrogens is 2. The van der Waals surface area contributed by atoms with Crippen LogP contribution < -0.4 is 5.32 Å². The molecule has 1 atom stereocenters. The van der Waals surface area contributed by atoms with Crippen LogP contribution in [0.1, 0.15) is 34.0 Å². The molecule has 3 aromatic rings. The van der Waals surface area contributed by atoms with E-state index in [0.29, 0.717) is 33.3 Å². The lowest BCUT2D eigenvalue weighted by atomic mass is 9.85. The minimum absolute atomic E-state index is 0.0219. The first kappa shape index (κ1) is 17.4. The predicted molar refractivity (Wildman–Crippen MR) is 100 cm³/mol. The molecule has 4 rings (SSSR count). The lowest BCUT2D eigenvalue weighted by Gasteiger charge is -2.23. The largest absolute Gasteiger partial charge is 0.310 e. The van der Waals surface area contributed by atoms with Gasteiger partial charge in [0.2, 0.25) is 5.91 Å². The lowest BCUT2D eigenvalue weighted by molar-refractivity contribution is -0.116. The fraction of sp³-hybridized carbons (Fsp3) is 0.150. The molecule has 2 aromatic carbocycles. The highest BCUT2D eigenvalue weighted by Gasteiger charge is 2.36. The summed E-state index contributed by atoms with van der Waals surface area (Å²) in [6.45, 7) is 1.77. The second-order valence-corrected chi connectivity index (χ2v) is 6.86. The van der Waals surface area contributed by atoms with E-state index in [0.717, 1.165) is 0 Å². The van der Waals surface area contributed by atoms with E-state index in [1.807, 2.05) is 0 Å². The van der Waals surface area contributed by atoms with E-state index in [1.54, 1.807) is 43.3 Å². The van der Waals surface area contributed by atoms with Crippen molar-refractivity contribution in [2.24, 2.45) is 0 Å². The first-order valence-corrected chi connectivity index (χ1v) is 8.77. The third-order valence-corrected chi connectivity index (χ3v) is 4.82. The van der Waals surface area contributed by atoms with Crippen LogP contribution in [0.3, 0.4) is 0 Å². The van der Waals surface area contributed by atoms with Gasteiger partial charge >= 0.3 is 0 Å². The van der Waals surface area contributed by atoms with Gasteiger partial charge in [0.15, 0.2) is 5.78 Å². The van der Waals surface area contributed by atoms with Crippen molar-refractivity contribution < 1.29 is 14.0 Å². The van der Waals surface area contributed by atoms with Crippen LogP contribution in [0, 0.1) is 12.7 Å².